The third-order valence-electron chi connectivity index (χ3n) is 5.19. The number of nitrogens with one attached hydrogen (secondary N) is 1. The van der Waals surface area contributed by atoms with Gasteiger partial charge in [0.15, 0.2) is 0 Å². The van der Waals surface area contributed by atoms with Crippen LogP contribution in [0.3, 0.4) is 0 Å². The molecule has 3 aromatic rings. The number of hydrogen-bond acceptors (Lipinski definition) is 4. The van der Waals surface area contributed by atoms with Crippen LogP contribution in [0.1, 0.15) is 29.2 Å². The molecule has 0 saturated carbocycles. The van der Waals surface area contributed by atoms with Crippen molar-refractivity contribution in [2.24, 2.45) is 0 Å². The van der Waals surface area contributed by atoms with Crippen molar-refractivity contribution in [1.82, 2.24) is 14.5 Å². The first kappa shape index (κ1) is 20.1. The van der Waals surface area contributed by atoms with E-state index in [9.17, 15) is 17.6 Å². The number of carbonyl (C=O) groups is 1. The summed E-state index contributed by atoms with van der Waals surface area (Å²) in [5, 5.41) is 0. The van der Waals surface area contributed by atoms with Crippen molar-refractivity contribution in [3.8, 4) is 0 Å². The highest BCUT2D eigenvalue weighted by atomic mass is 32.2. The Kier molecular flexibility index (Phi) is 5.54. The minimum absolute atomic E-state index is 0.0222. The zero-order chi connectivity index (χ0) is 21.1. The van der Waals surface area contributed by atoms with Crippen LogP contribution in [0.4, 0.5) is 10.1 Å². The third kappa shape index (κ3) is 4.35. The first-order chi connectivity index (χ1) is 14.4. The molecule has 9 heteroatoms. The second-order valence-electron chi connectivity index (χ2n) is 7.17. The number of carbonyl (C=O) groups excluding carboxylic acids is 1. The van der Waals surface area contributed by atoms with Gasteiger partial charge in [-0.2, -0.15) is 0 Å². The number of sulfonamides is 1. The zero-order valence-electron chi connectivity index (χ0n) is 16.1. The maximum absolute atomic E-state index is 13.0. The van der Waals surface area contributed by atoms with Crippen LogP contribution < -0.4 is 4.72 Å². The topological polar surface area (TPSA) is 84.3 Å². The standard InChI is InChI=1S/C21H21FN4O3S/c22-17-4-6-18(7-5-17)24-30(28,29)20-3-1-2-16(14-20)21(27)25-11-8-19(9-12-25)26-13-10-23-15-26/h1-7,10,13-15,19,24H,8-9,11-12H2. The third-order valence-corrected chi connectivity index (χ3v) is 6.56. The first-order valence-corrected chi connectivity index (χ1v) is 11.1. The van der Waals surface area contributed by atoms with Gasteiger partial charge in [0.2, 0.25) is 0 Å². The number of nitrogens with zero attached hydrogens (tertiary/aromatic N) is 3. The molecular formula is C21H21FN4O3S. The second-order valence-corrected chi connectivity index (χ2v) is 8.86. The lowest BCUT2D eigenvalue weighted by atomic mass is 10.0. The minimum atomic E-state index is -3.90. The highest BCUT2D eigenvalue weighted by Gasteiger charge is 2.25. The van der Waals surface area contributed by atoms with Crippen molar-refractivity contribution < 1.29 is 17.6 Å². The van der Waals surface area contributed by atoms with Gasteiger partial charge in [0, 0.05) is 42.8 Å². The quantitative estimate of drug-likeness (QED) is 0.676. The number of rotatable bonds is 5. The summed E-state index contributed by atoms with van der Waals surface area (Å²) in [6, 6.07) is 11.3. The van der Waals surface area contributed by atoms with Crippen LogP contribution in [0.2, 0.25) is 0 Å². The molecule has 1 N–H and O–H groups in total. The van der Waals surface area contributed by atoms with E-state index in [1.54, 1.807) is 29.6 Å². The Hall–Kier alpha value is -3.20. The molecule has 1 aromatic heterocycles. The molecule has 0 aliphatic carbocycles. The molecule has 1 saturated heterocycles. The van der Waals surface area contributed by atoms with Crippen LogP contribution in [0.25, 0.3) is 0 Å². The summed E-state index contributed by atoms with van der Waals surface area (Å²) in [6.07, 6.45) is 7.07. The maximum Gasteiger partial charge on any atom is 0.261 e. The normalized spacial score (nSPS) is 15.2. The lowest BCUT2D eigenvalue weighted by Crippen LogP contribution is -2.39. The van der Waals surface area contributed by atoms with Crippen LogP contribution in [0.5, 0.6) is 0 Å². The van der Waals surface area contributed by atoms with Crippen molar-refractivity contribution in [1.29, 1.82) is 0 Å². The Morgan fingerprint density at radius 2 is 1.83 bits per heavy atom. The molecular weight excluding hydrogens is 407 g/mol. The summed E-state index contributed by atoms with van der Waals surface area (Å²) in [5.41, 5.74) is 0.563. The summed E-state index contributed by atoms with van der Waals surface area (Å²) >= 11 is 0. The van der Waals surface area contributed by atoms with Gasteiger partial charge in [-0.25, -0.2) is 17.8 Å². The molecule has 30 heavy (non-hydrogen) atoms. The van der Waals surface area contributed by atoms with Gasteiger partial charge in [-0.3, -0.25) is 9.52 Å². The molecule has 2 heterocycles. The molecule has 1 amide bonds. The Morgan fingerprint density at radius 3 is 2.50 bits per heavy atom. The van der Waals surface area contributed by atoms with E-state index in [1.807, 2.05) is 6.20 Å². The van der Waals surface area contributed by atoms with Gasteiger partial charge in [0.25, 0.3) is 15.9 Å². The van der Waals surface area contributed by atoms with Crippen LogP contribution in [-0.4, -0.2) is 41.9 Å². The van der Waals surface area contributed by atoms with Gasteiger partial charge in [0.1, 0.15) is 5.82 Å². The monoisotopic (exact) mass is 428 g/mol. The molecule has 1 aliphatic rings. The van der Waals surface area contributed by atoms with E-state index in [4.69, 9.17) is 0 Å². The highest BCUT2D eigenvalue weighted by Crippen LogP contribution is 2.24. The van der Waals surface area contributed by atoms with Crippen molar-refractivity contribution in [2.75, 3.05) is 17.8 Å². The maximum atomic E-state index is 13.0. The number of amides is 1. The van der Waals surface area contributed by atoms with Crippen LogP contribution >= 0.6 is 0 Å². The van der Waals surface area contributed by atoms with Gasteiger partial charge < -0.3 is 9.47 Å². The fourth-order valence-corrected chi connectivity index (χ4v) is 4.67. The Bertz CT molecular complexity index is 1120. The van der Waals surface area contributed by atoms with Crippen molar-refractivity contribution >= 4 is 21.6 Å². The number of benzene rings is 2. The summed E-state index contributed by atoms with van der Waals surface area (Å²) in [5.74, 6) is -0.653. The largest absolute Gasteiger partial charge is 0.338 e. The number of halogens is 1. The molecule has 7 nitrogen and oxygen atoms in total. The number of likely N-dealkylation sites (tertiary alicyclic amines) is 1. The molecule has 156 valence electrons. The van der Waals surface area contributed by atoms with Gasteiger partial charge >= 0.3 is 0 Å². The van der Waals surface area contributed by atoms with Crippen molar-refractivity contribution in [2.45, 2.75) is 23.8 Å². The number of piperidine rings is 1. The molecule has 0 atom stereocenters. The van der Waals surface area contributed by atoms with Crippen LogP contribution in [-0.2, 0) is 10.0 Å². The van der Waals surface area contributed by atoms with Gasteiger partial charge in [-0.1, -0.05) is 6.07 Å². The summed E-state index contributed by atoms with van der Waals surface area (Å²) in [6.45, 7) is 1.18. The Labute approximate surface area is 174 Å². The first-order valence-electron chi connectivity index (χ1n) is 9.57. The lowest BCUT2D eigenvalue weighted by Gasteiger charge is -2.32. The minimum Gasteiger partial charge on any atom is -0.338 e. The van der Waals surface area contributed by atoms with E-state index < -0.39 is 15.8 Å². The zero-order valence-corrected chi connectivity index (χ0v) is 16.9. The fraction of sp³-hybridized carbons (Fsp3) is 0.238. The van der Waals surface area contributed by atoms with Crippen LogP contribution in [0, 0.1) is 5.82 Å². The molecule has 1 aliphatic heterocycles. The summed E-state index contributed by atoms with van der Waals surface area (Å²) in [7, 11) is -3.90. The lowest BCUT2D eigenvalue weighted by molar-refractivity contribution is 0.0694. The average Bonchev–Trinajstić information content (AvgIpc) is 3.30. The van der Waals surface area contributed by atoms with Crippen molar-refractivity contribution in [3.63, 3.8) is 0 Å². The van der Waals surface area contributed by atoms with E-state index in [2.05, 4.69) is 14.3 Å². The number of aromatic nitrogens is 2. The molecule has 4 rings (SSSR count). The molecule has 0 unspecified atom stereocenters. The number of hydrogen-bond donors (Lipinski definition) is 1. The smallest absolute Gasteiger partial charge is 0.261 e. The van der Waals surface area contributed by atoms with E-state index in [1.165, 1.54) is 36.4 Å². The van der Waals surface area contributed by atoms with Gasteiger partial charge in [0.05, 0.1) is 11.2 Å². The van der Waals surface area contributed by atoms with E-state index in [0.717, 1.165) is 12.8 Å². The number of anilines is 1. The van der Waals surface area contributed by atoms with Gasteiger partial charge in [-0.15, -0.1) is 0 Å². The Morgan fingerprint density at radius 1 is 1.10 bits per heavy atom. The molecule has 0 bridgehead atoms. The Balaban J connectivity index is 1.46. The summed E-state index contributed by atoms with van der Waals surface area (Å²) in [4.78, 5) is 18.7. The second kappa shape index (κ2) is 8.27. The highest BCUT2D eigenvalue weighted by molar-refractivity contribution is 7.92. The number of imidazole rings is 1. The van der Waals surface area contributed by atoms with E-state index in [0.29, 0.717) is 24.7 Å². The fourth-order valence-electron chi connectivity index (χ4n) is 3.56. The van der Waals surface area contributed by atoms with Crippen molar-refractivity contribution in [3.05, 3.63) is 78.6 Å². The molecule has 0 radical (unpaired) electrons. The predicted molar refractivity (Wildman–Crippen MR) is 110 cm³/mol. The summed E-state index contributed by atoms with van der Waals surface area (Å²) < 4.78 is 42.8. The van der Waals surface area contributed by atoms with Crippen LogP contribution in [0.15, 0.2) is 72.1 Å². The molecule has 2 aromatic carbocycles. The molecule has 0 spiro atoms. The molecule has 1 fully saturated rings. The SMILES string of the molecule is O=C(c1cccc(S(=O)(=O)Nc2ccc(F)cc2)c1)N1CCC(n2ccnc2)CC1. The van der Waals surface area contributed by atoms with E-state index >= 15 is 0 Å². The van der Waals surface area contributed by atoms with E-state index in [-0.39, 0.29) is 16.5 Å². The average molecular weight is 428 g/mol. The predicted octanol–water partition coefficient (Wildman–Crippen LogP) is 3.30. The van der Waals surface area contributed by atoms with Gasteiger partial charge in [-0.05, 0) is 55.3 Å².